The Kier molecular flexibility index (Phi) is 7.36. The lowest BCUT2D eigenvalue weighted by molar-refractivity contribution is -0.127. The quantitative estimate of drug-likeness (QED) is 0.605. The number of nitrogens with zero attached hydrogens (tertiary/aromatic N) is 2. The molecule has 32 heavy (non-hydrogen) atoms. The molecule has 0 unspecified atom stereocenters. The van der Waals surface area contributed by atoms with Gasteiger partial charge in [-0.25, -0.2) is 0 Å². The summed E-state index contributed by atoms with van der Waals surface area (Å²) < 4.78 is 15.6. The highest BCUT2D eigenvalue weighted by Crippen LogP contribution is 2.34. The van der Waals surface area contributed by atoms with E-state index in [-0.39, 0.29) is 11.5 Å². The molecule has 3 rings (SSSR count). The Balaban J connectivity index is 1.69. The number of carbonyl (C=O) groups excluding carboxylic acids is 3. The van der Waals surface area contributed by atoms with E-state index in [1.807, 2.05) is 6.07 Å². The SMILES string of the molecule is COc1ccc(NC(=O)CN2C(=O)S/C(=C\c3ccc(OCC#N)c(OC)c3)C2=O)cc1. The van der Waals surface area contributed by atoms with Gasteiger partial charge in [0.2, 0.25) is 5.91 Å². The van der Waals surface area contributed by atoms with Crippen LogP contribution in [-0.2, 0) is 9.59 Å². The van der Waals surface area contributed by atoms with Crippen molar-refractivity contribution in [2.45, 2.75) is 0 Å². The van der Waals surface area contributed by atoms with Crippen molar-refractivity contribution in [2.24, 2.45) is 0 Å². The van der Waals surface area contributed by atoms with Crippen LogP contribution in [0.2, 0.25) is 0 Å². The molecule has 2 aromatic carbocycles. The maximum Gasteiger partial charge on any atom is 0.294 e. The first-order valence-electron chi connectivity index (χ1n) is 9.32. The van der Waals surface area contributed by atoms with E-state index in [1.165, 1.54) is 20.3 Å². The van der Waals surface area contributed by atoms with Gasteiger partial charge in [0, 0.05) is 5.69 Å². The maximum atomic E-state index is 12.7. The molecule has 3 amide bonds. The molecule has 1 saturated heterocycles. The number of imide groups is 1. The van der Waals surface area contributed by atoms with Crippen LogP contribution in [0.1, 0.15) is 5.56 Å². The lowest BCUT2D eigenvalue weighted by Crippen LogP contribution is -2.36. The average Bonchev–Trinajstić information content (AvgIpc) is 3.05. The lowest BCUT2D eigenvalue weighted by Gasteiger charge is -2.12. The highest BCUT2D eigenvalue weighted by molar-refractivity contribution is 8.18. The van der Waals surface area contributed by atoms with Crippen molar-refractivity contribution >= 4 is 40.6 Å². The second-order valence-corrected chi connectivity index (χ2v) is 7.39. The summed E-state index contributed by atoms with van der Waals surface area (Å²) in [7, 11) is 2.99. The first-order chi connectivity index (χ1) is 15.4. The van der Waals surface area contributed by atoms with Gasteiger partial charge in [-0.2, -0.15) is 5.26 Å². The normalized spacial score (nSPS) is 14.3. The first kappa shape index (κ1) is 22.7. The molecule has 10 heteroatoms. The number of hydrogen-bond donors (Lipinski definition) is 1. The molecule has 1 aliphatic rings. The molecular formula is C22H19N3O6S. The van der Waals surface area contributed by atoms with E-state index in [9.17, 15) is 14.4 Å². The van der Waals surface area contributed by atoms with Crippen LogP contribution in [-0.4, -0.2) is 49.3 Å². The average molecular weight is 453 g/mol. The summed E-state index contributed by atoms with van der Waals surface area (Å²) in [6, 6.07) is 13.4. The molecule has 1 fully saturated rings. The molecule has 0 atom stereocenters. The zero-order chi connectivity index (χ0) is 23.1. The number of carbonyl (C=O) groups is 3. The number of thioether (sulfide) groups is 1. The van der Waals surface area contributed by atoms with Crippen molar-refractivity contribution in [2.75, 3.05) is 32.7 Å². The fourth-order valence-corrected chi connectivity index (χ4v) is 3.65. The third-order valence-corrected chi connectivity index (χ3v) is 5.23. The largest absolute Gasteiger partial charge is 0.497 e. The van der Waals surface area contributed by atoms with Crippen LogP contribution in [0, 0.1) is 11.3 Å². The van der Waals surface area contributed by atoms with Crippen LogP contribution >= 0.6 is 11.8 Å². The molecule has 0 spiro atoms. The van der Waals surface area contributed by atoms with Crippen LogP contribution in [0.15, 0.2) is 47.4 Å². The molecule has 1 N–H and O–H groups in total. The van der Waals surface area contributed by atoms with Gasteiger partial charge in [-0.1, -0.05) is 6.07 Å². The molecule has 9 nitrogen and oxygen atoms in total. The summed E-state index contributed by atoms with van der Waals surface area (Å²) in [5.41, 5.74) is 1.11. The number of amides is 3. The molecule has 0 saturated carbocycles. The van der Waals surface area contributed by atoms with Gasteiger partial charge >= 0.3 is 0 Å². The van der Waals surface area contributed by atoms with Crippen LogP contribution in [0.3, 0.4) is 0 Å². The number of ether oxygens (including phenoxy) is 3. The predicted octanol–water partition coefficient (Wildman–Crippen LogP) is 3.28. The van der Waals surface area contributed by atoms with E-state index >= 15 is 0 Å². The van der Waals surface area contributed by atoms with Gasteiger partial charge < -0.3 is 19.5 Å². The van der Waals surface area contributed by atoms with Crippen molar-refractivity contribution < 1.29 is 28.6 Å². The van der Waals surface area contributed by atoms with E-state index in [2.05, 4.69) is 5.32 Å². The molecule has 1 heterocycles. The Morgan fingerprint density at radius 3 is 2.53 bits per heavy atom. The standard InChI is InChI=1S/C22H19N3O6S/c1-29-16-6-4-15(5-7-16)24-20(26)13-25-21(27)19(32-22(25)28)12-14-3-8-17(31-10-9-23)18(11-14)30-2/h3-8,11-12H,10,13H2,1-2H3,(H,24,26)/b19-12-. The van der Waals surface area contributed by atoms with Crippen molar-refractivity contribution in [1.29, 1.82) is 5.26 Å². The van der Waals surface area contributed by atoms with Gasteiger partial charge in [-0.15, -0.1) is 0 Å². The minimum atomic E-state index is -0.561. The van der Waals surface area contributed by atoms with Crippen LogP contribution < -0.4 is 19.5 Å². The van der Waals surface area contributed by atoms with E-state index < -0.39 is 23.6 Å². The Hall–Kier alpha value is -3.97. The summed E-state index contributed by atoms with van der Waals surface area (Å²) in [5.74, 6) is 0.343. The smallest absolute Gasteiger partial charge is 0.294 e. The van der Waals surface area contributed by atoms with Gasteiger partial charge in [0.25, 0.3) is 11.1 Å². The van der Waals surface area contributed by atoms with Crippen LogP contribution in [0.4, 0.5) is 10.5 Å². The van der Waals surface area contributed by atoms with Gasteiger partial charge in [-0.3, -0.25) is 19.3 Å². The van der Waals surface area contributed by atoms with Crippen LogP contribution in [0.5, 0.6) is 17.2 Å². The van der Waals surface area contributed by atoms with E-state index in [0.717, 1.165) is 16.7 Å². The number of rotatable bonds is 8. The second kappa shape index (κ2) is 10.4. The van der Waals surface area contributed by atoms with E-state index in [0.29, 0.717) is 28.5 Å². The summed E-state index contributed by atoms with van der Waals surface area (Å²) in [6.45, 7) is -0.536. The number of methoxy groups -OCH3 is 2. The Morgan fingerprint density at radius 2 is 1.88 bits per heavy atom. The molecule has 1 aliphatic heterocycles. The fraction of sp³-hybridized carbons (Fsp3) is 0.182. The van der Waals surface area contributed by atoms with Crippen LogP contribution in [0.25, 0.3) is 6.08 Å². The van der Waals surface area contributed by atoms with Crippen molar-refractivity contribution in [3.8, 4) is 23.3 Å². The van der Waals surface area contributed by atoms with E-state index in [1.54, 1.807) is 42.5 Å². The lowest BCUT2D eigenvalue weighted by atomic mass is 10.2. The van der Waals surface area contributed by atoms with Gasteiger partial charge in [-0.05, 0) is 59.8 Å². The van der Waals surface area contributed by atoms with Gasteiger partial charge in [0.15, 0.2) is 18.1 Å². The number of hydrogen-bond acceptors (Lipinski definition) is 8. The number of nitrogens with one attached hydrogen (secondary N) is 1. The third-order valence-electron chi connectivity index (χ3n) is 4.33. The highest BCUT2D eigenvalue weighted by atomic mass is 32.2. The summed E-state index contributed by atoms with van der Waals surface area (Å²) in [4.78, 5) is 38.4. The molecule has 0 aromatic heterocycles. The molecule has 0 bridgehead atoms. The molecular weight excluding hydrogens is 434 g/mol. The Morgan fingerprint density at radius 1 is 1.12 bits per heavy atom. The Labute approximate surface area is 188 Å². The zero-order valence-corrected chi connectivity index (χ0v) is 18.1. The molecule has 0 radical (unpaired) electrons. The van der Waals surface area contributed by atoms with Crippen molar-refractivity contribution in [1.82, 2.24) is 4.90 Å². The Bertz CT molecular complexity index is 1110. The zero-order valence-electron chi connectivity index (χ0n) is 17.3. The number of anilines is 1. The molecule has 0 aliphatic carbocycles. The number of benzene rings is 2. The number of nitriles is 1. The van der Waals surface area contributed by atoms with Gasteiger partial charge in [0.1, 0.15) is 18.4 Å². The molecule has 164 valence electrons. The second-order valence-electron chi connectivity index (χ2n) is 6.40. The van der Waals surface area contributed by atoms with Crippen molar-refractivity contribution in [3.63, 3.8) is 0 Å². The predicted molar refractivity (Wildman–Crippen MR) is 118 cm³/mol. The van der Waals surface area contributed by atoms with Crippen molar-refractivity contribution in [3.05, 3.63) is 52.9 Å². The highest BCUT2D eigenvalue weighted by Gasteiger charge is 2.36. The molecule has 2 aromatic rings. The summed E-state index contributed by atoms with van der Waals surface area (Å²) >= 11 is 0.748. The fourth-order valence-electron chi connectivity index (χ4n) is 2.81. The third kappa shape index (κ3) is 5.39. The summed E-state index contributed by atoms with van der Waals surface area (Å²) in [6.07, 6.45) is 1.53. The first-order valence-corrected chi connectivity index (χ1v) is 10.1. The monoisotopic (exact) mass is 453 g/mol. The minimum absolute atomic E-state index is 0.132. The van der Waals surface area contributed by atoms with Gasteiger partial charge in [0.05, 0.1) is 19.1 Å². The summed E-state index contributed by atoms with van der Waals surface area (Å²) in [5, 5.41) is 10.8. The van der Waals surface area contributed by atoms with E-state index in [4.69, 9.17) is 19.5 Å². The maximum absolute atomic E-state index is 12.7. The topological polar surface area (TPSA) is 118 Å². The minimum Gasteiger partial charge on any atom is -0.497 e.